The minimum atomic E-state index is -4.48. The van der Waals surface area contributed by atoms with Crippen molar-refractivity contribution in [2.45, 2.75) is 44.3 Å². The highest BCUT2D eigenvalue weighted by molar-refractivity contribution is 7.47. The third kappa shape index (κ3) is 7.46. The number of imidazole rings is 1. The molecule has 2 aromatic heterocycles. The Bertz CT molecular complexity index is 1580. The smallest absolute Gasteiger partial charge is 0.463 e. The van der Waals surface area contributed by atoms with E-state index in [-0.39, 0.29) is 49.6 Å². The lowest BCUT2D eigenvalue weighted by Gasteiger charge is -2.35. The molecule has 2 aromatic carbocycles. The number of ether oxygens (including phenoxy) is 2. The van der Waals surface area contributed by atoms with Crippen molar-refractivity contribution >= 4 is 30.9 Å². The second-order valence-electron chi connectivity index (χ2n) is 9.47. The van der Waals surface area contributed by atoms with E-state index < -0.39 is 37.8 Å². The van der Waals surface area contributed by atoms with E-state index in [2.05, 4.69) is 20.3 Å². The molecule has 0 saturated carbocycles. The summed E-state index contributed by atoms with van der Waals surface area (Å²) in [6, 6.07) is 18.1. The zero-order valence-corrected chi connectivity index (χ0v) is 23.1. The van der Waals surface area contributed by atoms with Crippen molar-refractivity contribution in [3.05, 3.63) is 88.5 Å². The minimum absolute atomic E-state index is 0.0851. The van der Waals surface area contributed by atoms with E-state index in [9.17, 15) is 19.0 Å². The van der Waals surface area contributed by atoms with E-state index in [1.54, 1.807) is 35.9 Å². The predicted molar refractivity (Wildman–Crippen MR) is 148 cm³/mol. The second-order valence-corrected chi connectivity index (χ2v) is 10.9. The number of benzene rings is 2. The van der Waals surface area contributed by atoms with Gasteiger partial charge in [-0.1, -0.05) is 60.7 Å². The lowest BCUT2D eigenvalue weighted by Crippen LogP contribution is -2.38. The summed E-state index contributed by atoms with van der Waals surface area (Å²) < 4.78 is 36.9. The van der Waals surface area contributed by atoms with Gasteiger partial charge in [0.05, 0.1) is 31.6 Å². The number of phosphoric ester groups is 1. The summed E-state index contributed by atoms with van der Waals surface area (Å²) >= 11 is 0. The van der Waals surface area contributed by atoms with Crippen LogP contribution in [0, 0.1) is 0 Å². The number of carbonyl (C=O) groups excluding carboxylic acids is 1. The molecule has 0 bridgehead atoms. The summed E-state index contributed by atoms with van der Waals surface area (Å²) in [6.07, 6.45) is -0.564. The Morgan fingerprint density at radius 2 is 1.85 bits per heavy atom. The van der Waals surface area contributed by atoms with E-state index in [1.165, 1.54) is 6.33 Å². The van der Waals surface area contributed by atoms with Crippen LogP contribution in [0.25, 0.3) is 11.2 Å². The van der Waals surface area contributed by atoms with Gasteiger partial charge in [-0.3, -0.25) is 28.2 Å². The minimum Gasteiger partial charge on any atom is -0.463 e. The summed E-state index contributed by atoms with van der Waals surface area (Å²) in [5, 5.41) is 2.79. The standard InChI is InChI=1S/C27H30N5O8P/c1-28-27-30-25-24(26(34)31-27)29-17-32(25)22-14-20(40-41(35,36)38-15-19-10-6-3-7-11-19)13-21(39-22)16-37-23(33)12-18-8-4-2-5-9-18/h2-11,17,20-22H,12-16H2,1H3,(H,35,36)(H2,28,30,31,34)/t20-,21-,22+/m0/s1. The average molecular weight is 584 g/mol. The van der Waals surface area contributed by atoms with Crippen molar-refractivity contribution in [1.82, 2.24) is 19.5 Å². The van der Waals surface area contributed by atoms with Crippen LogP contribution in [-0.4, -0.2) is 56.2 Å². The van der Waals surface area contributed by atoms with E-state index in [0.717, 1.165) is 5.56 Å². The topological polar surface area (TPSA) is 167 Å². The van der Waals surface area contributed by atoms with Crippen LogP contribution in [0.4, 0.5) is 5.95 Å². The summed E-state index contributed by atoms with van der Waals surface area (Å²) in [4.78, 5) is 46.6. The second kappa shape index (κ2) is 12.8. The van der Waals surface area contributed by atoms with Gasteiger partial charge in [0, 0.05) is 19.9 Å². The molecule has 14 heteroatoms. The molecular formula is C27H30N5O8P. The first-order valence-corrected chi connectivity index (χ1v) is 14.5. The number of hydrogen-bond donors (Lipinski definition) is 3. The van der Waals surface area contributed by atoms with Gasteiger partial charge in [0.1, 0.15) is 12.8 Å². The summed E-state index contributed by atoms with van der Waals surface area (Å²) in [5.41, 5.74) is 1.42. The zero-order chi connectivity index (χ0) is 28.8. The molecule has 1 fully saturated rings. The molecule has 4 aromatic rings. The fraction of sp³-hybridized carbons (Fsp3) is 0.333. The maximum Gasteiger partial charge on any atom is 0.472 e. The van der Waals surface area contributed by atoms with Crippen LogP contribution in [-0.2, 0) is 40.9 Å². The molecule has 0 radical (unpaired) electrons. The Morgan fingerprint density at radius 1 is 1.15 bits per heavy atom. The molecule has 0 aliphatic carbocycles. The number of rotatable bonds is 11. The van der Waals surface area contributed by atoms with Crippen LogP contribution in [0.15, 0.2) is 71.8 Å². The number of carbonyl (C=O) groups is 1. The molecule has 1 aliphatic heterocycles. The number of anilines is 1. The molecule has 4 atom stereocenters. The first-order valence-electron chi connectivity index (χ1n) is 13.0. The van der Waals surface area contributed by atoms with Gasteiger partial charge in [-0.15, -0.1) is 0 Å². The van der Waals surface area contributed by atoms with Crippen molar-refractivity contribution in [3.63, 3.8) is 0 Å². The SMILES string of the molecule is CNc1nc2c(ncn2[C@H]2C[C@@H](OP(=O)(O)OCc3ccccc3)C[C@@H](COC(=O)Cc3ccccc3)O2)c(=O)[nH]1. The maximum absolute atomic E-state index is 12.9. The third-order valence-electron chi connectivity index (χ3n) is 6.46. The monoisotopic (exact) mass is 583 g/mol. The van der Waals surface area contributed by atoms with Crippen LogP contribution in [0.5, 0.6) is 0 Å². The van der Waals surface area contributed by atoms with Crippen LogP contribution in [0.1, 0.15) is 30.2 Å². The van der Waals surface area contributed by atoms with Crippen molar-refractivity contribution in [1.29, 1.82) is 0 Å². The van der Waals surface area contributed by atoms with Crippen molar-refractivity contribution < 1.29 is 32.8 Å². The first-order chi connectivity index (χ1) is 19.8. The highest BCUT2D eigenvalue weighted by Gasteiger charge is 2.37. The summed E-state index contributed by atoms with van der Waals surface area (Å²) in [7, 11) is -2.87. The number of nitrogens with zero attached hydrogens (tertiary/aromatic N) is 3. The van der Waals surface area contributed by atoms with E-state index in [0.29, 0.717) is 5.56 Å². The lowest BCUT2D eigenvalue weighted by molar-refractivity contribution is -0.164. The Labute approximate surface area is 235 Å². The summed E-state index contributed by atoms with van der Waals surface area (Å²) in [5.74, 6) is -0.216. The van der Waals surface area contributed by atoms with Crippen LogP contribution in [0.2, 0.25) is 0 Å². The number of aromatic amines is 1. The molecule has 1 unspecified atom stereocenters. The normalized spacial score (nSPS) is 20.4. The van der Waals surface area contributed by atoms with Gasteiger partial charge in [-0.2, -0.15) is 4.98 Å². The molecule has 216 valence electrons. The Hall–Kier alpha value is -3.87. The van der Waals surface area contributed by atoms with Crippen molar-refractivity contribution in [3.8, 4) is 0 Å². The third-order valence-corrected chi connectivity index (χ3v) is 7.48. The largest absolute Gasteiger partial charge is 0.472 e. The first kappa shape index (κ1) is 28.7. The Balaban J connectivity index is 1.33. The lowest BCUT2D eigenvalue weighted by atomic mass is 10.0. The van der Waals surface area contributed by atoms with Crippen LogP contribution < -0.4 is 10.9 Å². The van der Waals surface area contributed by atoms with E-state index in [4.69, 9.17) is 18.5 Å². The highest BCUT2D eigenvalue weighted by Crippen LogP contribution is 2.48. The number of aromatic nitrogens is 4. The molecule has 5 rings (SSSR count). The number of esters is 1. The number of hydrogen-bond acceptors (Lipinski definition) is 10. The number of H-pyrrole nitrogens is 1. The maximum atomic E-state index is 12.9. The van der Waals surface area contributed by atoms with Gasteiger partial charge in [0.15, 0.2) is 11.2 Å². The average Bonchev–Trinajstić information content (AvgIpc) is 3.40. The van der Waals surface area contributed by atoms with Gasteiger partial charge in [-0.05, 0) is 11.1 Å². The number of phosphoric acid groups is 1. The van der Waals surface area contributed by atoms with Gasteiger partial charge in [0.2, 0.25) is 5.95 Å². The molecule has 13 nitrogen and oxygen atoms in total. The molecule has 41 heavy (non-hydrogen) atoms. The Kier molecular flexibility index (Phi) is 8.91. The molecule has 1 aliphatic rings. The number of nitrogens with one attached hydrogen (secondary N) is 2. The Morgan fingerprint density at radius 3 is 2.56 bits per heavy atom. The molecule has 1 saturated heterocycles. The zero-order valence-electron chi connectivity index (χ0n) is 22.2. The molecule has 0 spiro atoms. The number of fused-ring (bicyclic) bond motifs is 1. The van der Waals surface area contributed by atoms with Crippen molar-refractivity contribution in [2.75, 3.05) is 19.0 Å². The fourth-order valence-electron chi connectivity index (χ4n) is 4.52. The fourth-order valence-corrected chi connectivity index (χ4v) is 5.45. The van der Waals surface area contributed by atoms with E-state index in [1.807, 2.05) is 36.4 Å². The van der Waals surface area contributed by atoms with Crippen molar-refractivity contribution in [2.24, 2.45) is 0 Å². The van der Waals surface area contributed by atoms with Crippen LogP contribution in [0.3, 0.4) is 0 Å². The highest BCUT2D eigenvalue weighted by atomic mass is 31.2. The molecule has 3 heterocycles. The molecule has 3 N–H and O–H groups in total. The molecular weight excluding hydrogens is 553 g/mol. The van der Waals surface area contributed by atoms with Crippen LogP contribution >= 0.6 is 7.82 Å². The predicted octanol–water partition coefficient (Wildman–Crippen LogP) is 3.33. The quantitative estimate of drug-likeness (QED) is 0.175. The summed E-state index contributed by atoms with van der Waals surface area (Å²) in [6.45, 7) is -0.238. The van der Waals surface area contributed by atoms with Gasteiger partial charge in [-0.25, -0.2) is 9.55 Å². The van der Waals surface area contributed by atoms with Gasteiger partial charge >= 0.3 is 13.8 Å². The van der Waals surface area contributed by atoms with E-state index >= 15 is 0 Å². The van der Waals surface area contributed by atoms with Gasteiger partial charge < -0.3 is 19.7 Å². The molecule has 0 amide bonds. The van der Waals surface area contributed by atoms with Gasteiger partial charge in [0.25, 0.3) is 5.56 Å².